The van der Waals surface area contributed by atoms with Crippen molar-refractivity contribution in [3.8, 4) is 0 Å². The molecule has 2 heterocycles. The predicted octanol–water partition coefficient (Wildman–Crippen LogP) is 1.27. The Kier molecular flexibility index (Phi) is 1.50. The van der Waals surface area contributed by atoms with E-state index in [2.05, 4.69) is 22.1 Å². The van der Waals surface area contributed by atoms with Gasteiger partial charge in [-0.05, 0) is 19.9 Å². The van der Waals surface area contributed by atoms with Gasteiger partial charge in [-0.2, -0.15) is 5.10 Å². The first-order chi connectivity index (χ1) is 6.34. The highest BCUT2D eigenvalue weighted by Gasteiger charge is 2.31. The Morgan fingerprint density at radius 1 is 1.46 bits per heavy atom. The second kappa shape index (κ2) is 2.58. The van der Waals surface area contributed by atoms with E-state index in [1.807, 2.05) is 0 Å². The van der Waals surface area contributed by atoms with Crippen LogP contribution in [0.2, 0.25) is 0 Å². The van der Waals surface area contributed by atoms with Gasteiger partial charge in [0.05, 0.1) is 5.69 Å². The van der Waals surface area contributed by atoms with E-state index in [0.29, 0.717) is 0 Å². The van der Waals surface area contributed by atoms with Crippen LogP contribution in [0.25, 0.3) is 0 Å². The largest absolute Gasteiger partial charge is 0.302 e. The molecule has 0 aromatic carbocycles. The summed E-state index contributed by atoms with van der Waals surface area (Å²) in [6.45, 7) is 2.26. The van der Waals surface area contributed by atoms with Crippen molar-refractivity contribution in [2.45, 2.75) is 31.7 Å². The van der Waals surface area contributed by atoms with E-state index >= 15 is 0 Å². The lowest BCUT2D eigenvalue weighted by Crippen LogP contribution is -2.26. The van der Waals surface area contributed by atoms with Gasteiger partial charge in [0, 0.05) is 36.7 Å². The fourth-order valence-corrected chi connectivity index (χ4v) is 2.15. The molecule has 3 rings (SSSR count). The van der Waals surface area contributed by atoms with E-state index in [-0.39, 0.29) is 0 Å². The fraction of sp³-hybridized carbons (Fsp3) is 0.700. The molecule has 0 unspecified atom stereocenters. The molecule has 3 nitrogen and oxygen atoms in total. The number of nitrogens with one attached hydrogen (secondary N) is 1. The highest BCUT2D eigenvalue weighted by atomic mass is 15.2. The van der Waals surface area contributed by atoms with Gasteiger partial charge in [-0.15, -0.1) is 0 Å². The molecule has 0 radical (unpaired) electrons. The van der Waals surface area contributed by atoms with Crippen molar-refractivity contribution in [1.82, 2.24) is 15.1 Å². The SMILES string of the molecule is CN1CCc2[nH]nc(C3CC3)c2C1. The van der Waals surface area contributed by atoms with Gasteiger partial charge >= 0.3 is 0 Å². The number of aromatic nitrogens is 2. The van der Waals surface area contributed by atoms with E-state index in [0.717, 1.165) is 18.9 Å². The molecule has 3 heteroatoms. The first kappa shape index (κ1) is 7.56. The second-order valence-electron chi connectivity index (χ2n) is 4.33. The van der Waals surface area contributed by atoms with Crippen LogP contribution in [0.15, 0.2) is 0 Å². The summed E-state index contributed by atoms with van der Waals surface area (Å²) in [5, 5.41) is 7.63. The van der Waals surface area contributed by atoms with Gasteiger partial charge < -0.3 is 4.90 Å². The maximum absolute atomic E-state index is 4.44. The quantitative estimate of drug-likeness (QED) is 0.700. The Hall–Kier alpha value is -0.830. The van der Waals surface area contributed by atoms with E-state index < -0.39 is 0 Å². The second-order valence-corrected chi connectivity index (χ2v) is 4.33. The Balaban J connectivity index is 1.99. The first-order valence-corrected chi connectivity index (χ1v) is 5.09. The van der Waals surface area contributed by atoms with E-state index in [4.69, 9.17) is 0 Å². The number of rotatable bonds is 1. The van der Waals surface area contributed by atoms with Gasteiger partial charge in [-0.3, -0.25) is 5.10 Å². The number of aromatic amines is 1. The number of likely N-dealkylation sites (N-methyl/N-ethyl adjacent to an activating group) is 1. The number of fused-ring (bicyclic) bond motifs is 1. The van der Waals surface area contributed by atoms with Crippen LogP contribution in [0.4, 0.5) is 0 Å². The average molecular weight is 177 g/mol. The number of hydrogen-bond acceptors (Lipinski definition) is 2. The van der Waals surface area contributed by atoms with Crippen molar-refractivity contribution >= 4 is 0 Å². The Bertz CT molecular complexity index is 325. The van der Waals surface area contributed by atoms with Gasteiger partial charge in [0.1, 0.15) is 0 Å². The lowest BCUT2D eigenvalue weighted by atomic mass is 10.0. The molecule has 0 saturated heterocycles. The monoisotopic (exact) mass is 177 g/mol. The minimum Gasteiger partial charge on any atom is -0.302 e. The number of H-pyrrole nitrogens is 1. The van der Waals surface area contributed by atoms with Crippen LogP contribution in [0.3, 0.4) is 0 Å². The van der Waals surface area contributed by atoms with Crippen molar-refractivity contribution in [1.29, 1.82) is 0 Å². The minimum atomic E-state index is 0.784. The lowest BCUT2D eigenvalue weighted by Gasteiger charge is -2.22. The normalized spacial score (nSPS) is 23.2. The molecule has 0 bridgehead atoms. The van der Waals surface area contributed by atoms with E-state index in [9.17, 15) is 0 Å². The average Bonchev–Trinajstić information content (AvgIpc) is 2.87. The third kappa shape index (κ3) is 1.18. The molecule has 13 heavy (non-hydrogen) atoms. The van der Waals surface area contributed by atoms with Gasteiger partial charge in [0.2, 0.25) is 0 Å². The minimum absolute atomic E-state index is 0.784. The Morgan fingerprint density at radius 3 is 3.08 bits per heavy atom. The maximum atomic E-state index is 4.44. The summed E-state index contributed by atoms with van der Waals surface area (Å²) in [6, 6.07) is 0. The van der Waals surface area contributed by atoms with E-state index in [1.54, 1.807) is 0 Å². The van der Waals surface area contributed by atoms with Crippen LogP contribution in [-0.2, 0) is 13.0 Å². The molecular weight excluding hydrogens is 162 g/mol. The van der Waals surface area contributed by atoms with Crippen molar-refractivity contribution in [3.05, 3.63) is 17.0 Å². The molecule has 0 atom stereocenters. The van der Waals surface area contributed by atoms with Crippen molar-refractivity contribution in [2.24, 2.45) is 0 Å². The zero-order valence-electron chi connectivity index (χ0n) is 8.01. The topological polar surface area (TPSA) is 31.9 Å². The molecule has 1 aromatic rings. The standard InChI is InChI=1S/C10H15N3/c1-13-5-4-9-8(6-13)10(12-11-9)7-2-3-7/h7H,2-6H2,1H3,(H,11,12). The zero-order chi connectivity index (χ0) is 8.84. The predicted molar refractivity (Wildman–Crippen MR) is 50.6 cm³/mol. The molecule has 1 fully saturated rings. The molecule has 70 valence electrons. The molecule has 0 spiro atoms. The first-order valence-electron chi connectivity index (χ1n) is 5.09. The molecule has 1 aliphatic heterocycles. The summed E-state index contributed by atoms with van der Waals surface area (Å²) in [4.78, 5) is 2.38. The van der Waals surface area contributed by atoms with Crippen LogP contribution >= 0.6 is 0 Å². The van der Waals surface area contributed by atoms with Crippen LogP contribution in [-0.4, -0.2) is 28.7 Å². The van der Waals surface area contributed by atoms with Gasteiger partial charge in [0.15, 0.2) is 0 Å². The number of nitrogens with zero attached hydrogens (tertiary/aromatic N) is 2. The van der Waals surface area contributed by atoms with Gasteiger partial charge in [-0.1, -0.05) is 0 Å². The molecular formula is C10H15N3. The third-order valence-corrected chi connectivity index (χ3v) is 3.12. The van der Waals surface area contributed by atoms with Crippen LogP contribution in [0.5, 0.6) is 0 Å². The lowest BCUT2D eigenvalue weighted by molar-refractivity contribution is 0.310. The van der Waals surface area contributed by atoms with Crippen LogP contribution in [0.1, 0.15) is 35.7 Å². The van der Waals surface area contributed by atoms with Crippen molar-refractivity contribution in [2.75, 3.05) is 13.6 Å². The Morgan fingerprint density at radius 2 is 2.31 bits per heavy atom. The molecule has 0 amide bonds. The van der Waals surface area contributed by atoms with Crippen LogP contribution in [0, 0.1) is 0 Å². The Labute approximate surface area is 78.1 Å². The van der Waals surface area contributed by atoms with Crippen molar-refractivity contribution in [3.63, 3.8) is 0 Å². The van der Waals surface area contributed by atoms with Gasteiger partial charge in [0.25, 0.3) is 0 Å². The van der Waals surface area contributed by atoms with Crippen molar-refractivity contribution < 1.29 is 0 Å². The summed E-state index contributed by atoms with van der Waals surface area (Å²) in [7, 11) is 2.19. The highest BCUT2D eigenvalue weighted by Crippen LogP contribution is 2.41. The third-order valence-electron chi connectivity index (χ3n) is 3.12. The number of hydrogen-bond donors (Lipinski definition) is 1. The summed E-state index contributed by atoms with van der Waals surface area (Å²) in [5.41, 5.74) is 4.25. The highest BCUT2D eigenvalue weighted by molar-refractivity contribution is 5.32. The van der Waals surface area contributed by atoms with Crippen LogP contribution < -0.4 is 0 Å². The summed E-state index contributed by atoms with van der Waals surface area (Å²) in [6.07, 6.45) is 3.84. The zero-order valence-corrected chi connectivity index (χ0v) is 8.01. The molecule has 1 aliphatic carbocycles. The molecule has 2 aliphatic rings. The summed E-state index contributed by atoms with van der Waals surface area (Å²) >= 11 is 0. The fourth-order valence-electron chi connectivity index (χ4n) is 2.15. The van der Waals surface area contributed by atoms with E-state index in [1.165, 1.54) is 36.3 Å². The summed E-state index contributed by atoms with van der Waals surface area (Å²) < 4.78 is 0. The van der Waals surface area contributed by atoms with Gasteiger partial charge in [-0.25, -0.2) is 0 Å². The smallest absolute Gasteiger partial charge is 0.0700 e. The maximum Gasteiger partial charge on any atom is 0.0700 e. The molecule has 1 aromatic heterocycles. The summed E-state index contributed by atoms with van der Waals surface area (Å²) in [5.74, 6) is 0.784. The molecule has 1 N–H and O–H groups in total. The molecule has 1 saturated carbocycles.